The van der Waals surface area contributed by atoms with Gasteiger partial charge in [0.25, 0.3) is 0 Å². The average molecular weight is 210 g/mol. The fourth-order valence-electron chi connectivity index (χ4n) is 1.81. The first kappa shape index (κ1) is 10.6. The zero-order valence-corrected chi connectivity index (χ0v) is 9.04. The number of carbonyl (C=O) groups is 1. The zero-order valence-electron chi connectivity index (χ0n) is 9.04. The van der Waals surface area contributed by atoms with Gasteiger partial charge in [0.2, 0.25) is 0 Å². The smallest absolute Gasteiger partial charge is 0.127 e. The summed E-state index contributed by atoms with van der Waals surface area (Å²) in [6, 6.07) is 20.0. The Labute approximate surface area is 95.7 Å². The molecule has 0 spiro atoms. The Morgan fingerprint density at radius 1 is 0.875 bits per heavy atom. The van der Waals surface area contributed by atoms with Gasteiger partial charge in [0.15, 0.2) is 0 Å². The van der Waals surface area contributed by atoms with E-state index in [9.17, 15) is 4.79 Å². The van der Waals surface area contributed by atoms with Gasteiger partial charge in [-0.15, -0.1) is 0 Å². The van der Waals surface area contributed by atoms with Crippen molar-refractivity contribution < 1.29 is 4.79 Å². The van der Waals surface area contributed by atoms with Gasteiger partial charge in [-0.3, -0.25) is 0 Å². The minimum Gasteiger partial charge on any atom is -0.303 e. The van der Waals surface area contributed by atoms with E-state index in [1.165, 1.54) is 5.56 Å². The third-order valence-electron chi connectivity index (χ3n) is 2.69. The van der Waals surface area contributed by atoms with Crippen LogP contribution in [0.4, 0.5) is 0 Å². The quantitative estimate of drug-likeness (QED) is 0.708. The van der Waals surface area contributed by atoms with Crippen LogP contribution in [-0.4, -0.2) is 6.29 Å². The van der Waals surface area contributed by atoms with Crippen LogP contribution in [0.5, 0.6) is 0 Å². The van der Waals surface area contributed by atoms with E-state index in [0.717, 1.165) is 18.3 Å². The summed E-state index contributed by atoms with van der Waals surface area (Å²) in [7, 11) is 0. The standard InChI is InChI=1S/C15H14O/c16-12-15(14-9-5-2-6-10-14)11-13-7-3-1-4-8-13/h1-10,12,15H,11H2. The molecule has 80 valence electrons. The molecule has 16 heavy (non-hydrogen) atoms. The molecule has 1 atom stereocenters. The van der Waals surface area contributed by atoms with Gasteiger partial charge in [0, 0.05) is 5.92 Å². The van der Waals surface area contributed by atoms with E-state index < -0.39 is 0 Å². The summed E-state index contributed by atoms with van der Waals surface area (Å²) in [4.78, 5) is 11.1. The maximum absolute atomic E-state index is 11.1. The molecule has 0 saturated heterocycles. The van der Waals surface area contributed by atoms with E-state index in [1.54, 1.807) is 0 Å². The normalized spacial score (nSPS) is 12.0. The van der Waals surface area contributed by atoms with E-state index in [0.29, 0.717) is 0 Å². The molecular weight excluding hydrogens is 196 g/mol. The number of carbonyl (C=O) groups excluding carboxylic acids is 1. The molecule has 0 saturated carbocycles. The average Bonchev–Trinajstić information content (AvgIpc) is 2.38. The van der Waals surface area contributed by atoms with Crippen molar-refractivity contribution in [3.8, 4) is 0 Å². The van der Waals surface area contributed by atoms with Crippen molar-refractivity contribution in [2.24, 2.45) is 0 Å². The van der Waals surface area contributed by atoms with Crippen LogP contribution in [0.25, 0.3) is 0 Å². The lowest BCUT2D eigenvalue weighted by molar-refractivity contribution is -0.109. The SMILES string of the molecule is O=CC(Cc1ccccc1)c1ccccc1. The fraction of sp³-hybridized carbons (Fsp3) is 0.133. The lowest BCUT2D eigenvalue weighted by atomic mass is 9.93. The highest BCUT2D eigenvalue weighted by Gasteiger charge is 2.10. The fourth-order valence-corrected chi connectivity index (χ4v) is 1.81. The first-order chi connectivity index (χ1) is 7.90. The molecule has 0 bridgehead atoms. The van der Waals surface area contributed by atoms with Crippen LogP contribution in [0, 0.1) is 0 Å². The maximum atomic E-state index is 11.1. The van der Waals surface area contributed by atoms with Crippen molar-refractivity contribution in [2.45, 2.75) is 12.3 Å². The predicted octanol–water partition coefficient (Wildman–Crippen LogP) is 3.21. The van der Waals surface area contributed by atoms with Crippen LogP contribution in [0.2, 0.25) is 0 Å². The second kappa shape index (κ2) is 5.26. The van der Waals surface area contributed by atoms with Gasteiger partial charge < -0.3 is 4.79 Å². The molecule has 1 nitrogen and oxygen atoms in total. The maximum Gasteiger partial charge on any atom is 0.127 e. The Morgan fingerprint density at radius 3 is 2.00 bits per heavy atom. The van der Waals surface area contributed by atoms with Crippen LogP contribution in [-0.2, 0) is 11.2 Å². The van der Waals surface area contributed by atoms with Crippen LogP contribution in [0.1, 0.15) is 17.0 Å². The highest BCUT2D eigenvalue weighted by Crippen LogP contribution is 2.18. The molecule has 1 heteroatoms. The van der Waals surface area contributed by atoms with Gasteiger partial charge in [-0.1, -0.05) is 60.7 Å². The second-order valence-electron chi connectivity index (χ2n) is 3.84. The van der Waals surface area contributed by atoms with Gasteiger partial charge in [-0.25, -0.2) is 0 Å². The van der Waals surface area contributed by atoms with Crippen LogP contribution >= 0.6 is 0 Å². The van der Waals surface area contributed by atoms with Gasteiger partial charge in [-0.05, 0) is 17.5 Å². The van der Waals surface area contributed by atoms with Gasteiger partial charge >= 0.3 is 0 Å². The molecule has 0 fully saturated rings. The Hall–Kier alpha value is -1.89. The molecule has 0 amide bonds. The number of hydrogen-bond acceptors (Lipinski definition) is 1. The van der Waals surface area contributed by atoms with Crippen molar-refractivity contribution >= 4 is 6.29 Å². The molecule has 0 aliphatic carbocycles. The molecule has 0 aromatic heterocycles. The monoisotopic (exact) mass is 210 g/mol. The lowest BCUT2D eigenvalue weighted by Gasteiger charge is -2.10. The molecule has 0 aliphatic rings. The minimum atomic E-state index is -0.0383. The van der Waals surface area contributed by atoms with Crippen molar-refractivity contribution in [1.82, 2.24) is 0 Å². The number of hydrogen-bond donors (Lipinski definition) is 0. The Balaban J connectivity index is 2.16. The largest absolute Gasteiger partial charge is 0.303 e. The summed E-state index contributed by atoms with van der Waals surface area (Å²) < 4.78 is 0. The highest BCUT2D eigenvalue weighted by molar-refractivity contribution is 5.62. The minimum absolute atomic E-state index is 0.0383. The van der Waals surface area contributed by atoms with Crippen LogP contribution < -0.4 is 0 Å². The first-order valence-corrected chi connectivity index (χ1v) is 5.44. The summed E-state index contributed by atoms with van der Waals surface area (Å²) >= 11 is 0. The summed E-state index contributed by atoms with van der Waals surface area (Å²) in [5, 5.41) is 0. The van der Waals surface area contributed by atoms with Gasteiger partial charge in [0.05, 0.1) is 0 Å². The third kappa shape index (κ3) is 2.57. The number of benzene rings is 2. The first-order valence-electron chi connectivity index (χ1n) is 5.44. The van der Waals surface area contributed by atoms with E-state index >= 15 is 0 Å². The topological polar surface area (TPSA) is 17.1 Å². The molecule has 2 aromatic carbocycles. The van der Waals surface area contributed by atoms with E-state index in [2.05, 4.69) is 12.1 Å². The van der Waals surface area contributed by atoms with Crippen molar-refractivity contribution in [3.05, 3.63) is 71.8 Å². The summed E-state index contributed by atoms with van der Waals surface area (Å²) in [6.45, 7) is 0. The molecule has 0 heterocycles. The zero-order chi connectivity index (χ0) is 11.2. The second-order valence-corrected chi connectivity index (χ2v) is 3.84. The van der Waals surface area contributed by atoms with Crippen LogP contribution in [0.15, 0.2) is 60.7 Å². The van der Waals surface area contributed by atoms with Gasteiger partial charge in [-0.2, -0.15) is 0 Å². The number of aldehydes is 1. The molecule has 0 N–H and O–H groups in total. The lowest BCUT2D eigenvalue weighted by Crippen LogP contribution is -2.03. The molecular formula is C15H14O. The molecule has 1 unspecified atom stereocenters. The summed E-state index contributed by atoms with van der Waals surface area (Å²) in [5.74, 6) is -0.0383. The molecule has 0 aliphatic heterocycles. The molecule has 2 rings (SSSR count). The Morgan fingerprint density at radius 2 is 1.44 bits per heavy atom. The predicted molar refractivity (Wildman–Crippen MR) is 65.4 cm³/mol. The van der Waals surface area contributed by atoms with Crippen LogP contribution in [0.3, 0.4) is 0 Å². The van der Waals surface area contributed by atoms with Gasteiger partial charge in [0.1, 0.15) is 6.29 Å². The van der Waals surface area contributed by atoms with Crippen molar-refractivity contribution in [3.63, 3.8) is 0 Å². The van der Waals surface area contributed by atoms with E-state index in [1.807, 2.05) is 48.5 Å². The van der Waals surface area contributed by atoms with Crippen molar-refractivity contribution in [2.75, 3.05) is 0 Å². The molecule has 0 radical (unpaired) electrons. The third-order valence-corrected chi connectivity index (χ3v) is 2.69. The summed E-state index contributed by atoms with van der Waals surface area (Å²) in [6.07, 6.45) is 1.80. The molecule has 2 aromatic rings. The number of rotatable bonds is 4. The van der Waals surface area contributed by atoms with Crippen molar-refractivity contribution in [1.29, 1.82) is 0 Å². The highest BCUT2D eigenvalue weighted by atomic mass is 16.1. The van der Waals surface area contributed by atoms with E-state index in [4.69, 9.17) is 0 Å². The summed E-state index contributed by atoms with van der Waals surface area (Å²) in [5.41, 5.74) is 2.28. The van der Waals surface area contributed by atoms with E-state index in [-0.39, 0.29) is 5.92 Å². The Bertz CT molecular complexity index is 434. The Kier molecular flexibility index (Phi) is 3.50.